The van der Waals surface area contributed by atoms with Crippen LogP contribution in [0.1, 0.15) is 8.35 Å². The molecule has 2 N–H and O–H groups in total. The van der Waals surface area contributed by atoms with E-state index in [-0.39, 0.29) is 36.6 Å². The van der Waals surface area contributed by atoms with Gasteiger partial charge in [-0.3, -0.25) is 9.79 Å². The summed E-state index contributed by atoms with van der Waals surface area (Å²) < 4.78 is 13.6. The first kappa shape index (κ1) is 13.9. The van der Waals surface area contributed by atoms with E-state index in [9.17, 15) is 9.36 Å². The van der Waals surface area contributed by atoms with Crippen LogP contribution in [0, 0.1) is 0 Å². The van der Waals surface area contributed by atoms with Crippen LogP contribution in [0.3, 0.4) is 0 Å². The maximum Gasteiger partial charge on any atom is 1.00 e. The first-order chi connectivity index (χ1) is 4.33. The molecule has 60 valence electrons. The van der Waals surface area contributed by atoms with Crippen LogP contribution < -0.4 is 29.6 Å². The van der Waals surface area contributed by atoms with Crippen molar-refractivity contribution in [2.45, 2.75) is 6.92 Å². The molecule has 0 atom stereocenters. The summed E-state index contributed by atoms with van der Waals surface area (Å²) in [6.45, 7) is 4.41. The van der Waals surface area contributed by atoms with E-state index < -0.39 is 13.8 Å². The summed E-state index contributed by atoms with van der Waals surface area (Å²) in [6, 6.07) is 0. The molecule has 0 aromatic heterocycles. The largest absolute Gasteiger partial charge is 1.00 e. The van der Waals surface area contributed by atoms with E-state index in [4.69, 9.17) is 9.79 Å². The summed E-state index contributed by atoms with van der Waals surface area (Å²) >= 11 is 0. The second kappa shape index (κ2) is 5.09. The fourth-order valence-corrected chi connectivity index (χ4v) is 0.558. The number of carbonyl (C=O) groups excluding carboxylic acids is 1. The average Bonchev–Trinajstić information content (AvgIpc) is 1.60. The number of rotatable bonds is 2. The third-order valence-electron chi connectivity index (χ3n) is 0.550. The van der Waals surface area contributed by atoms with Crippen molar-refractivity contribution in [2.75, 3.05) is 0 Å². The van der Waals surface area contributed by atoms with Gasteiger partial charge in [0.2, 0.25) is 0 Å². The van der Waals surface area contributed by atoms with Crippen molar-refractivity contribution in [1.29, 1.82) is 0 Å². The normalized spacial score (nSPS) is 9.73. The van der Waals surface area contributed by atoms with Crippen LogP contribution in [-0.2, 0) is 13.9 Å². The van der Waals surface area contributed by atoms with Crippen LogP contribution in [0.25, 0.3) is 0 Å². The number of hydrogen-bond acceptors (Lipinski definition) is 3. The van der Waals surface area contributed by atoms with E-state index in [0.29, 0.717) is 0 Å². The van der Waals surface area contributed by atoms with Crippen LogP contribution in [0.2, 0.25) is 0 Å². The summed E-state index contributed by atoms with van der Waals surface area (Å²) in [5.74, 6) is -1.09. The molecule has 0 spiro atoms. The van der Waals surface area contributed by atoms with E-state index in [0.717, 1.165) is 0 Å². The van der Waals surface area contributed by atoms with Gasteiger partial charge in [-0.2, -0.15) is 0 Å². The maximum atomic E-state index is 10.3. The third-order valence-corrected chi connectivity index (χ3v) is 0.954. The first-order valence-corrected chi connectivity index (χ1v) is 3.81. The molecule has 0 amide bonds. The van der Waals surface area contributed by atoms with Crippen molar-refractivity contribution in [2.24, 2.45) is 0 Å². The Morgan fingerprint density at radius 3 is 2.09 bits per heavy atom. The molecule has 7 heteroatoms. The summed E-state index contributed by atoms with van der Waals surface area (Å²) in [5.41, 5.74) is -0.0525. The Balaban J connectivity index is -0.000000405. The molecule has 0 rings (SSSR count). The molecule has 0 fully saturated rings. The van der Waals surface area contributed by atoms with E-state index >= 15 is 0 Å². The molecule has 0 aliphatic heterocycles. The fraction of sp³-hybridized carbons (Fsp3) is 0.250. The molecule has 0 aliphatic rings. The van der Waals surface area contributed by atoms with E-state index in [1.165, 1.54) is 6.92 Å². The Bertz CT molecular complexity index is 211. The van der Waals surface area contributed by atoms with Crippen molar-refractivity contribution >= 4 is 13.8 Å². The van der Waals surface area contributed by atoms with Gasteiger partial charge in [0.25, 0.3) is 0 Å². The van der Waals surface area contributed by atoms with Crippen molar-refractivity contribution in [1.82, 2.24) is 0 Å². The van der Waals surface area contributed by atoms with E-state index in [1.54, 1.807) is 0 Å². The molecular weight excluding hydrogens is 182 g/mol. The zero-order chi connectivity index (χ0) is 8.36. The Hall–Kier alpha value is 0.360. The predicted molar refractivity (Wildman–Crippen MR) is 34.1 cm³/mol. The van der Waals surface area contributed by atoms with Gasteiger partial charge in [-0.05, 0) is 6.92 Å². The second-order valence-corrected chi connectivity index (χ2v) is 2.81. The number of phosphoric ester groups is 1. The molecule has 5 nitrogen and oxygen atoms in total. The Labute approximate surface area is 87.5 Å². The van der Waals surface area contributed by atoms with Crippen molar-refractivity contribution in [3.8, 4) is 0 Å². The molecule has 0 radical (unpaired) electrons. The van der Waals surface area contributed by atoms with E-state index in [1.807, 2.05) is 0 Å². The minimum Gasteiger partial charge on any atom is -1.00 e. The second-order valence-electron chi connectivity index (χ2n) is 1.65. The van der Waals surface area contributed by atoms with Gasteiger partial charge < -0.3 is 5.95 Å². The van der Waals surface area contributed by atoms with Gasteiger partial charge in [0.1, 0.15) is 0 Å². The molecule has 0 aromatic carbocycles. The van der Waals surface area contributed by atoms with Gasteiger partial charge in [0, 0.05) is 5.57 Å². The molecule has 0 bridgehead atoms. The molecular formula is C4H8NaO5P. The third kappa shape index (κ3) is 8.26. The maximum absolute atomic E-state index is 10.3. The smallest absolute Gasteiger partial charge is 1.00 e. The zero-order valence-corrected chi connectivity index (χ0v) is 9.17. The quantitative estimate of drug-likeness (QED) is 0.281. The minimum atomic E-state index is -4.69. The summed E-state index contributed by atoms with van der Waals surface area (Å²) in [6.07, 6.45) is 0. The topological polar surface area (TPSA) is 83.8 Å². The molecule has 0 heterocycles. The number of carbonyl (C=O) groups is 1. The van der Waals surface area contributed by atoms with Crippen LogP contribution >= 0.6 is 7.82 Å². The molecule has 0 unspecified atom stereocenters. The van der Waals surface area contributed by atoms with Gasteiger partial charge >= 0.3 is 43.3 Å². The van der Waals surface area contributed by atoms with Gasteiger partial charge in [0.15, 0.2) is 0 Å². The average molecular weight is 190 g/mol. The minimum absolute atomic E-state index is 0. The Kier molecular flexibility index (Phi) is 6.43. The Morgan fingerprint density at radius 1 is 1.64 bits per heavy atom. The van der Waals surface area contributed by atoms with Gasteiger partial charge in [-0.15, -0.1) is 0 Å². The molecule has 11 heavy (non-hydrogen) atoms. The molecule has 0 aliphatic carbocycles. The van der Waals surface area contributed by atoms with Crippen LogP contribution in [0.5, 0.6) is 0 Å². The van der Waals surface area contributed by atoms with Crippen molar-refractivity contribution in [3.63, 3.8) is 0 Å². The molecule has 0 aromatic rings. The summed E-state index contributed by atoms with van der Waals surface area (Å²) in [4.78, 5) is 26.5. The fourth-order valence-electron chi connectivity index (χ4n) is 0.186. The standard InChI is InChI=1S/C4H7O5P.Na.H/c1-3(2)4(5)9-10(6,7)8;;/h1H2,2H3,(H2,6,7,8);;/q;+1;-1. The van der Waals surface area contributed by atoms with Crippen LogP contribution in [0.4, 0.5) is 0 Å². The SMILES string of the molecule is C=C(C)C(=O)OP(=O)(O)O.[H-].[Na+]. The Morgan fingerprint density at radius 2 is 2.00 bits per heavy atom. The van der Waals surface area contributed by atoms with Crippen molar-refractivity contribution < 1.29 is 54.7 Å². The molecule has 0 saturated carbocycles. The van der Waals surface area contributed by atoms with Crippen LogP contribution in [0.15, 0.2) is 12.2 Å². The zero-order valence-electron chi connectivity index (χ0n) is 7.27. The first-order valence-electron chi connectivity index (χ1n) is 2.28. The van der Waals surface area contributed by atoms with Gasteiger partial charge in [0.05, 0.1) is 0 Å². The van der Waals surface area contributed by atoms with Crippen molar-refractivity contribution in [3.05, 3.63) is 12.2 Å². The predicted octanol–water partition coefficient (Wildman–Crippen LogP) is -2.69. The summed E-state index contributed by atoms with van der Waals surface area (Å²) in [7, 11) is -4.69. The summed E-state index contributed by atoms with van der Waals surface area (Å²) in [5, 5.41) is 0. The molecule has 0 saturated heterocycles. The van der Waals surface area contributed by atoms with Crippen LogP contribution in [-0.4, -0.2) is 15.8 Å². The van der Waals surface area contributed by atoms with E-state index in [2.05, 4.69) is 11.1 Å². The monoisotopic (exact) mass is 190 g/mol. The van der Waals surface area contributed by atoms with Gasteiger partial charge in [-0.1, -0.05) is 6.58 Å². The van der Waals surface area contributed by atoms with Gasteiger partial charge in [-0.25, -0.2) is 9.36 Å². The number of hydrogen-bond donors (Lipinski definition) is 2. The number of phosphoric acid groups is 1.